The number of ether oxygens (including phenoxy) is 4. The molecule has 0 bridgehead atoms. The van der Waals surface area contributed by atoms with Crippen molar-refractivity contribution in [1.82, 2.24) is 0 Å². The predicted octanol–water partition coefficient (Wildman–Crippen LogP) is 14.8. The van der Waals surface area contributed by atoms with Crippen molar-refractivity contribution in [2.45, 2.75) is 58.0 Å². The SMILES string of the molecule is C=Cc1c(C=CC)cccc1N(C1=CC=C(C2OCCO2)CC1)c1ccc2oc3sc(-c4cc5c(oc6ccc(C(CC)Cc7ccc(C8OCCO8)cc7)cc65)s4)cc3c2c1. The van der Waals surface area contributed by atoms with E-state index >= 15 is 0 Å². The summed E-state index contributed by atoms with van der Waals surface area (Å²) in [7, 11) is 0. The number of fused-ring (bicyclic) bond motifs is 6. The van der Waals surface area contributed by atoms with Gasteiger partial charge in [0.1, 0.15) is 11.2 Å². The first-order valence-electron chi connectivity index (χ1n) is 21.6. The quantitative estimate of drug-likeness (QED) is 0.121. The normalized spacial score (nSPS) is 17.0. The van der Waals surface area contributed by atoms with Gasteiger partial charge in [-0.3, -0.25) is 0 Å². The zero-order valence-electron chi connectivity index (χ0n) is 34.9. The summed E-state index contributed by atoms with van der Waals surface area (Å²) in [6, 6.07) is 33.1. The Hall–Kier alpha value is -5.52. The number of allylic oxidation sites excluding steroid dienone is 4. The number of hydrogen-bond acceptors (Lipinski definition) is 9. The summed E-state index contributed by atoms with van der Waals surface area (Å²) in [5.74, 6) is 0.385. The summed E-state index contributed by atoms with van der Waals surface area (Å²) in [6.45, 7) is 11.1. The Kier molecular flexibility index (Phi) is 10.6. The number of anilines is 2. The van der Waals surface area contributed by atoms with E-state index in [1.54, 1.807) is 22.7 Å². The molecule has 3 aliphatic rings. The van der Waals surface area contributed by atoms with E-state index < -0.39 is 0 Å². The molecule has 7 nitrogen and oxygen atoms in total. The van der Waals surface area contributed by atoms with E-state index in [0.717, 1.165) is 90.9 Å². The molecule has 2 fully saturated rings. The molecule has 1 unspecified atom stereocenters. The largest absolute Gasteiger partial charge is 0.445 e. The molecule has 11 rings (SSSR count). The summed E-state index contributed by atoms with van der Waals surface area (Å²) in [6.07, 6.45) is 13.8. The zero-order chi connectivity index (χ0) is 41.7. The minimum atomic E-state index is -0.254. The monoisotopic (exact) mass is 857 g/mol. The average Bonchev–Trinajstić information content (AvgIpc) is 4.17. The van der Waals surface area contributed by atoms with Crippen molar-refractivity contribution >= 4 is 88.7 Å². The third-order valence-corrected chi connectivity index (χ3v) is 14.7. The van der Waals surface area contributed by atoms with Crippen LogP contribution in [0.1, 0.15) is 73.1 Å². The molecule has 2 aliphatic heterocycles. The zero-order valence-corrected chi connectivity index (χ0v) is 36.5. The Labute approximate surface area is 368 Å². The Balaban J connectivity index is 0.923. The molecule has 2 saturated heterocycles. The smallest absolute Gasteiger partial charge is 0.189 e. The molecule has 9 heteroatoms. The molecular formula is C53H47NO6S2. The van der Waals surface area contributed by atoms with Crippen LogP contribution in [0.4, 0.5) is 11.4 Å². The predicted molar refractivity (Wildman–Crippen MR) is 254 cm³/mol. The fourth-order valence-electron chi connectivity index (χ4n) is 9.29. The van der Waals surface area contributed by atoms with Crippen LogP contribution in [0.15, 0.2) is 136 Å². The highest BCUT2D eigenvalue weighted by Crippen LogP contribution is 2.47. The first-order valence-corrected chi connectivity index (χ1v) is 23.2. The van der Waals surface area contributed by atoms with Crippen molar-refractivity contribution in [3.8, 4) is 9.75 Å². The highest BCUT2D eigenvalue weighted by molar-refractivity contribution is 7.28. The van der Waals surface area contributed by atoms with Crippen molar-refractivity contribution in [2.24, 2.45) is 0 Å². The fourth-order valence-corrected chi connectivity index (χ4v) is 11.4. The number of hydrogen-bond donors (Lipinski definition) is 0. The molecule has 4 aromatic heterocycles. The van der Waals surface area contributed by atoms with E-state index in [1.165, 1.54) is 37.5 Å². The first-order chi connectivity index (χ1) is 30.5. The fraction of sp³-hybridized carbons (Fsp3) is 0.245. The number of rotatable bonds is 12. The Morgan fingerprint density at radius 3 is 2.05 bits per heavy atom. The van der Waals surface area contributed by atoms with Gasteiger partial charge in [-0.05, 0) is 115 Å². The van der Waals surface area contributed by atoms with Gasteiger partial charge in [0.15, 0.2) is 22.4 Å². The lowest BCUT2D eigenvalue weighted by atomic mass is 9.89. The van der Waals surface area contributed by atoms with Crippen LogP contribution in [-0.4, -0.2) is 32.7 Å². The molecule has 62 heavy (non-hydrogen) atoms. The van der Waals surface area contributed by atoms with E-state index in [-0.39, 0.29) is 12.6 Å². The van der Waals surface area contributed by atoms with E-state index in [9.17, 15) is 0 Å². The lowest BCUT2D eigenvalue weighted by Crippen LogP contribution is -2.21. The number of nitrogens with zero attached hydrogens (tertiary/aromatic N) is 1. The van der Waals surface area contributed by atoms with E-state index in [2.05, 4.69) is 134 Å². The van der Waals surface area contributed by atoms with Gasteiger partial charge in [-0.2, -0.15) is 0 Å². The highest BCUT2D eigenvalue weighted by Gasteiger charge is 2.27. The van der Waals surface area contributed by atoms with Crippen molar-refractivity contribution in [1.29, 1.82) is 0 Å². The average molecular weight is 858 g/mol. The van der Waals surface area contributed by atoms with Crippen molar-refractivity contribution < 1.29 is 27.8 Å². The molecule has 1 aliphatic carbocycles. The third-order valence-electron chi connectivity index (χ3n) is 12.4. The van der Waals surface area contributed by atoms with Gasteiger partial charge in [-0.1, -0.05) is 103 Å². The van der Waals surface area contributed by atoms with Gasteiger partial charge in [0, 0.05) is 53.8 Å². The molecule has 6 heterocycles. The molecular weight excluding hydrogens is 811 g/mol. The van der Waals surface area contributed by atoms with Crippen molar-refractivity contribution in [3.63, 3.8) is 0 Å². The number of benzene rings is 4. The van der Waals surface area contributed by atoms with E-state index in [1.807, 2.05) is 13.0 Å². The first kappa shape index (κ1) is 39.3. The maximum Gasteiger partial charge on any atom is 0.189 e. The maximum atomic E-state index is 6.56. The van der Waals surface area contributed by atoms with Crippen LogP contribution in [0.5, 0.6) is 0 Å². The molecule has 0 amide bonds. The summed E-state index contributed by atoms with van der Waals surface area (Å²) in [4.78, 5) is 6.59. The third kappa shape index (κ3) is 7.16. The summed E-state index contributed by atoms with van der Waals surface area (Å²) < 4.78 is 36.2. The Bertz CT molecular complexity index is 3050. The number of furan rings is 2. The van der Waals surface area contributed by atoms with Gasteiger partial charge in [0.05, 0.1) is 32.1 Å². The van der Waals surface area contributed by atoms with Crippen LogP contribution in [0.3, 0.4) is 0 Å². The van der Waals surface area contributed by atoms with Gasteiger partial charge >= 0.3 is 0 Å². The lowest BCUT2D eigenvalue weighted by molar-refractivity contribution is -0.0441. The van der Waals surface area contributed by atoms with Crippen LogP contribution in [0.25, 0.3) is 64.4 Å². The van der Waals surface area contributed by atoms with Gasteiger partial charge in [-0.15, -0.1) is 0 Å². The minimum Gasteiger partial charge on any atom is -0.445 e. The highest BCUT2D eigenvalue weighted by atomic mass is 32.1. The molecule has 4 aromatic carbocycles. The summed E-state index contributed by atoms with van der Waals surface area (Å²) in [5.41, 5.74) is 12.3. The van der Waals surface area contributed by atoms with Crippen LogP contribution >= 0.6 is 22.7 Å². The molecule has 0 spiro atoms. The van der Waals surface area contributed by atoms with Crippen LogP contribution in [-0.2, 0) is 25.4 Å². The maximum absolute atomic E-state index is 6.56. The van der Waals surface area contributed by atoms with Crippen molar-refractivity contribution in [2.75, 3.05) is 31.3 Å². The Morgan fingerprint density at radius 1 is 0.726 bits per heavy atom. The second kappa shape index (κ2) is 16.6. The standard InChI is InChI=1S/C53H47NO6S2/c1-4-8-34-9-7-10-45(40(34)6-3)54(38-18-15-36(16-19-38)51-57-25-26-58-51)39-20-22-47-42(29-39)44-31-49(62-53(44)60-47)48-30-43-41-28-37(17-21-46(41)59-52(43)61-48)33(5-2)27-32-11-13-35(14-12-32)50-55-23-24-56-50/h4,6-15,17-18,20-22,28-31,33,50-51H,3,5,16,19,23-27H2,1-2H3. The summed E-state index contributed by atoms with van der Waals surface area (Å²) in [5, 5.41) is 4.53. The van der Waals surface area contributed by atoms with Gasteiger partial charge in [0.25, 0.3) is 0 Å². The van der Waals surface area contributed by atoms with Gasteiger partial charge in [0.2, 0.25) is 0 Å². The molecule has 0 saturated carbocycles. The molecule has 1 atom stereocenters. The van der Waals surface area contributed by atoms with Crippen LogP contribution < -0.4 is 4.90 Å². The second-order valence-corrected chi connectivity index (χ2v) is 18.2. The van der Waals surface area contributed by atoms with E-state index in [4.69, 9.17) is 27.8 Å². The molecule has 0 radical (unpaired) electrons. The molecule has 8 aromatic rings. The van der Waals surface area contributed by atoms with Crippen LogP contribution in [0, 0.1) is 0 Å². The van der Waals surface area contributed by atoms with Crippen molar-refractivity contribution in [3.05, 3.63) is 155 Å². The second-order valence-electron chi connectivity index (χ2n) is 16.2. The lowest BCUT2D eigenvalue weighted by Gasteiger charge is -2.32. The van der Waals surface area contributed by atoms with E-state index in [0.29, 0.717) is 32.3 Å². The minimum absolute atomic E-state index is 0.247. The van der Waals surface area contributed by atoms with Gasteiger partial charge in [-0.25, -0.2) is 0 Å². The molecule has 0 N–H and O–H groups in total. The number of thiophene rings is 2. The van der Waals surface area contributed by atoms with Gasteiger partial charge < -0.3 is 32.7 Å². The molecule has 312 valence electrons. The van der Waals surface area contributed by atoms with Crippen LogP contribution in [0.2, 0.25) is 0 Å². The topological polar surface area (TPSA) is 66.4 Å². The Morgan fingerprint density at radius 2 is 1.40 bits per heavy atom. The summed E-state index contributed by atoms with van der Waals surface area (Å²) >= 11 is 3.40.